The monoisotopic (exact) mass is 1610 g/mol. The number of para-hydroxylation sites is 7. The van der Waals surface area contributed by atoms with Crippen molar-refractivity contribution in [2.45, 2.75) is 0 Å². The van der Waals surface area contributed by atoms with Crippen LogP contribution in [0.5, 0.6) is 0 Å². The van der Waals surface area contributed by atoms with E-state index in [4.69, 9.17) is 8.83 Å². The van der Waals surface area contributed by atoms with Gasteiger partial charge in [-0.15, -0.1) is 0 Å². The molecule has 24 rings (SSSR count). The molecule has 0 radical (unpaired) electrons. The summed E-state index contributed by atoms with van der Waals surface area (Å²) in [6.45, 7) is 0. The molecule has 0 unspecified atom stereocenters. The van der Waals surface area contributed by atoms with E-state index in [1.165, 1.54) is 132 Å². The predicted molar refractivity (Wildman–Crippen MR) is 491 cm³/mol. The summed E-state index contributed by atoms with van der Waals surface area (Å²) < 4.78 is 23.6. The Morgan fingerprint density at radius 3 is 1.02 bits per heavy atom. The maximum Gasteiger partial charge on any atom is 0.0541 e. The number of hydrogen-bond acceptors (Lipinski definition) is 4. The number of nitrogens with zero attached hydrogens (tertiary/aromatic N) is 4. The Morgan fingerprint density at radius 1 is 0.190 bits per heavy atom. The van der Waals surface area contributed by atoms with E-state index < -0.39 is 0 Å². The fourth-order valence-corrected chi connectivity index (χ4v) is 22.5. The molecule has 0 spiro atoms. The van der Waals surface area contributed by atoms with E-state index >= 15 is 0 Å². The number of hydrogen-bond donors (Lipinski definition) is 0. The molecule has 0 atom stereocenters. The van der Waals surface area contributed by atoms with Crippen LogP contribution in [0.4, 0.5) is 34.1 Å². The molecule has 0 saturated carbocycles. The number of benzene rings is 18. The van der Waals surface area contributed by atoms with E-state index in [0.29, 0.717) is 29.0 Å². The summed E-state index contributed by atoms with van der Waals surface area (Å²) in [6, 6.07) is 150. The zero-order valence-corrected chi connectivity index (χ0v) is 66.1. The van der Waals surface area contributed by atoms with Crippen LogP contribution < -0.4 is 9.80 Å². The molecule has 0 aliphatic heterocycles. The minimum Gasteiger partial charge on any atom is -0.0602 e. The van der Waals surface area contributed by atoms with Gasteiger partial charge in [0.05, 0.1) is 22.1 Å². The van der Waals surface area contributed by atoms with Crippen LogP contribution in [0.3, 0.4) is 0 Å². The summed E-state index contributed by atoms with van der Waals surface area (Å²) in [5, 5.41) is 15.0. The molecule has 0 saturated heterocycles. The Balaban J connectivity index is 0.000000137. The van der Waals surface area contributed by atoms with Crippen molar-refractivity contribution in [3.8, 4) is 55.9 Å². The van der Waals surface area contributed by atoms with Crippen molar-refractivity contribution in [3.63, 3.8) is 0 Å². The van der Waals surface area contributed by atoms with Crippen LogP contribution in [-0.4, -0.2) is 38.1 Å². The maximum absolute atomic E-state index is 6.63. The van der Waals surface area contributed by atoms with Gasteiger partial charge in [-0.1, -0.05) is 121 Å². The second-order valence-corrected chi connectivity index (χ2v) is 34.4. The largest absolute Gasteiger partial charge is 0.0602 e. The Morgan fingerprint density at radius 2 is 0.526 bits per heavy atom. The second-order valence-electron chi connectivity index (χ2n) is 29.8. The number of anilines is 6. The van der Waals surface area contributed by atoms with E-state index in [0.717, 1.165) is 83.7 Å². The van der Waals surface area contributed by atoms with Crippen molar-refractivity contribution in [2.24, 2.45) is 0 Å². The van der Waals surface area contributed by atoms with Gasteiger partial charge in [-0.25, -0.2) is 0 Å². The molecule has 544 valence electrons. The predicted octanol–water partition coefficient (Wildman–Crippen LogP) is 29.7. The van der Waals surface area contributed by atoms with Crippen molar-refractivity contribution in [3.05, 3.63) is 413 Å². The third-order valence-corrected chi connectivity index (χ3v) is 28.0. The molecule has 116 heavy (non-hydrogen) atoms. The molecule has 0 fully saturated rings. The third kappa shape index (κ3) is 11.5. The van der Waals surface area contributed by atoms with Gasteiger partial charge >= 0.3 is 405 Å². The molecule has 0 bridgehead atoms. The van der Waals surface area contributed by atoms with Crippen LogP contribution in [0.1, 0.15) is 0 Å². The van der Waals surface area contributed by atoms with Gasteiger partial charge in [-0.05, 0) is 83.9 Å². The molecule has 18 aromatic carbocycles. The molecule has 0 aliphatic carbocycles. The molecule has 6 heterocycles. The molecule has 0 amide bonds. The zero-order chi connectivity index (χ0) is 76.3. The van der Waals surface area contributed by atoms with Crippen LogP contribution >= 0.6 is 0 Å². The molecule has 0 N–H and O–H groups in total. The average Bonchev–Trinajstić information content (AvgIpc) is 1.59. The number of aromatic nitrogens is 2. The number of rotatable bonds is 12. The van der Waals surface area contributed by atoms with Crippen molar-refractivity contribution in [2.75, 3.05) is 9.80 Å². The standard InChI is InChI=1S/2C54H34N2OSe/c1-2-11-39(12-3-1)56-48-17-7-4-13-42(48)47-33-37(26-32-49(47)56)35-21-27-40(28-22-35)55(50-18-10-16-46-43-14-5-8-19-51(43)57-54(46)50)41-29-23-36(24-30-41)38-25-31-45-44-15-6-9-20-52(44)58-53(45)34-38;1-2-10-39(11-3-1)56-49-15-7-4-12-43(49)48-32-37(23-31-50(48)56)35-18-24-40(25-19-35)55(42-28-30-45-44-13-5-8-16-51(44)57-52(45)34-42)41-26-20-36(21-27-41)38-22-29-47-46-14-6-9-17-53(46)58-54(47)33-38/h2*1-34H. The first-order valence-electron chi connectivity index (χ1n) is 39.3. The van der Waals surface area contributed by atoms with E-state index in [-0.39, 0.29) is 0 Å². The SMILES string of the molecule is c1ccc(-n2c3ccccc3c3cc(-c4ccc(N(c5ccc(-c6ccc7c(c6)[se]c6ccccc67)cc5)c5ccc6c(c5)oc5ccccc56)cc4)ccc32)cc1.c1ccc(-n2c3ccccc3c3cc(-c4ccc(N(c5ccc(-c6ccc7c(c6)[se]c6ccccc67)cc5)c5cccc6c5oc5ccccc56)cc4)ccc32)cc1. The van der Waals surface area contributed by atoms with Crippen LogP contribution in [0.25, 0.3) is 182 Å². The summed E-state index contributed by atoms with van der Waals surface area (Å²) in [7, 11) is 0. The van der Waals surface area contributed by atoms with Crippen LogP contribution in [-0.2, 0) is 0 Å². The Kier molecular flexibility index (Phi) is 16.2. The first-order chi connectivity index (χ1) is 57.5. The molecule has 0 aliphatic rings. The van der Waals surface area contributed by atoms with Gasteiger partial charge in [0, 0.05) is 38.3 Å². The van der Waals surface area contributed by atoms with Gasteiger partial charge in [0.2, 0.25) is 0 Å². The maximum atomic E-state index is 6.63. The topological polar surface area (TPSA) is 42.6 Å². The molecule has 6 aromatic heterocycles. The third-order valence-electron chi connectivity index (χ3n) is 23.2. The van der Waals surface area contributed by atoms with Gasteiger partial charge < -0.3 is 9.13 Å². The average molecular weight is 1610 g/mol. The minimum atomic E-state index is 0.322. The first kappa shape index (κ1) is 67.5. The Bertz CT molecular complexity index is 7950. The smallest absolute Gasteiger partial charge is 0.0541 e. The molecule has 8 heteroatoms. The van der Waals surface area contributed by atoms with E-state index in [1.54, 1.807) is 0 Å². The molecule has 24 aromatic rings. The van der Waals surface area contributed by atoms with E-state index in [1.807, 2.05) is 18.2 Å². The molecular weight excluding hydrogens is 1540 g/mol. The van der Waals surface area contributed by atoms with E-state index in [9.17, 15) is 0 Å². The number of furan rings is 2. The Labute approximate surface area is 680 Å². The molecular formula is C108H68N4O2Se2. The fraction of sp³-hybridized carbons (Fsp3) is 0. The fourth-order valence-electron chi connectivity index (χ4n) is 17.7. The molecule has 6 nitrogen and oxygen atoms in total. The second kappa shape index (κ2) is 27.9. The van der Waals surface area contributed by atoms with Gasteiger partial charge in [0.1, 0.15) is 5.58 Å². The van der Waals surface area contributed by atoms with Gasteiger partial charge in [-0.2, -0.15) is 0 Å². The quantitative estimate of drug-likeness (QED) is 0.114. The summed E-state index contributed by atoms with van der Waals surface area (Å²) >= 11 is 0.649. The van der Waals surface area contributed by atoms with E-state index in [2.05, 4.69) is 413 Å². The Hall–Kier alpha value is -14.2. The first-order valence-corrected chi connectivity index (χ1v) is 42.7. The normalized spacial score (nSPS) is 11.8. The summed E-state index contributed by atoms with van der Waals surface area (Å²) in [5.74, 6) is 0. The minimum absolute atomic E-state index is 0.322. The number of fused-ring (bicyclic) bond motifs is 18. The van der Waals surface area contributed by atoms with Crippen LogP contribution in [0.15, 0.2) is 421 Å². The van der Waals surface area contributed by atoms with Gasteiger partial charge in [0.25, 0.3) is 0 Å². The summed E-state index contributed by atoms with van der Waals surface area (Å²) in [5.41, 5.74) is 26.7. The van der Waals surface area contributed by atoms with Gasteiger partial charge in [0.15, 0.2) is 0 Å². The van der Waals surface area contributed by atoms with Crippen molar-refractivity contribution < 1.29 is 8.83 Å². The zero-order valence-electron chi connectivity index (χ0n) is 62.7. The van der Waals surface area contributed by atoms with Crippen molar-refractivity contribution in [1.29, 1.82) is 0 Å². The van der Waals surface area contributed by atoms with Crippen LogP contribution in [0, 0.1) is 0 Å². The van der Waals surface area contributed by atoms with Crippen molar-refractivity contribution >= 4 is 189 Å². The van der Waals surface area contributed by atoms with Crippen LogP contribution in [0.2, 0.25) is 0 Å². The van der Waals surface area contributed by atoms with Crippen molar-refractivity contribution in [1.82, 2.24) is 9.13 Å². The van der Waals surface area contributed by atoms with Gasteiger partial charge in [-0.3, -0.25) is 0 Å². The summed E-state index contributed by atoms with van der Waals surface area (Å²) in [6.07, 6.45) is 0. The summed E-state index contributed by atoms with van der Waals surface area (Å²) in [4.78, 5) is 4.66.